The molecule has 106 valence electrons. The normalized spacial score (nSPS) is 10.5. The Morgan fingerprint density at radius 2 is 2.10 bits per heavy atom. The molecular weight excluding hydrogens is 270 g/mol. The predicted octanol–water partition coefficient (Wildman–Crippen LogP) is 1.83. The molecule has 2 heterocycles. The first-order valence-electron chi connectivity index (χ1n) is 6.47. The zero-order valence-electron chi connectivity index (χ0n) is 11.1. The third kappa shape index (κ3) is 3.33. The van der Waals surface area contributed by atoms with E-state index in [4.69, 9.17) is 4.42 Å². The summed E-state index contributed by atoms with van der Waals surface area (Å²) in [6, 6.07) is 10.9. The highest BCUT2D eigenvalue weighted by Crippen LogP contribution is 2.13. The van der Waals surface area contributed by atoms with Crippen LogP contribution >= 0.6 is 0 Å². The Kier molecular flexibility index (Phi) is 3.72. The highest BCUT2D eigenvalue weighted by atomic mass is 16.3. The molecule has 0 atom stereocenters. The van der Waals surface area contributed by atoms with Crippen molar-refractivity contribution in [3.63, 3.8) is 0 Å². The second-order valence-electron chi connectivity index (χ2n) is 4.43. The molecule has 2 aromatic heterocycles. The number of furan rings is 1. The molecule has 7 heteroatoms. The van der Waals surface area contributed by atoms with Gasteiger partial charge in [-0.2, -0.15) is 0 Å². The summed E-state index contributed by atoms with van der Waals surface area (Å²) < 4.78 is 6.73. The van der Waals surface area contributed by atoms with Crippen molar-refractivity contribution in [1.29, 1.82) is 0 Å². The van der Waals surface area contributed by atoms with Gasteiger partial charge in [0.05, 0.1) is 12.0 Å². The first-order chi connectivity index (χ1) is 10.3. The van der Waals surface area contributed by atoms with Crippen LogP contribution in [0.25, 0.3) is 5.69 Å². The molecule has 0 aliphatic heterocycles. The standard InChI is InChI=1S/C14H13N5O2/c20-14(8-7-13-2-1-9-21-13)16-11-3-5-12(6-4-11)19-10-15-17-18-19/h1-6,9-10H,7-8H2,(H,16,20). The molecule has 0 bridgehead atoms. The van der Waals surface area contributed by atoms with Gasteiger partial charge in [0.1, 0.15) is 12.1 Å². The zero-order chi connectivity index (χ0) is 14.5. The van der Waals surface area contributed by atoms with Crippen LogP contribution in [0.1, 0.15) is 12.2 Å². The van der Waals surface area contributed by atoms with E-state index in [1.807, 2.05) is 36.4 Å². The number of aryl methyl sites for hydroxylation is 1. The number of tetrazole rings is 1. The summed E-state index contributed by atoms with van der Waals surface area (Å²) in [6.07, 6.45) is 4.08. The number of hydrogen-bond acceptors (Lipinski definition) is 5. The van der Waals surface area contributed by atoms with E-state index >= 15 is 0 Å². The fourth-order valence-corrected chi connectivity index (χ4v) is 1.89. The van der Waals surface area contributed by atoms with Crippen molar-refractivity contribution in [2.24, 2.45) is 0 Å². The topological polar surface area (TPSA) is 85.8 Å². The molecule has 7 nitrogen and oxygen atoms in total. The maximum atomic E-state index is 11.8. The quantitative estimate of drug-likeness (QED) is 0.772. The van der Waals surface area contributed by atoms with Crippen molar-refractivity contribution in [1.82, 2.24) is 20.2 Å². The number of amides is 1. The van der Waals surface area contributed by atoms with Gasteiger partial charge < -0.3 is 9.73 Å². The minimum absolute atomic E-state index is 0.0541. The van der Waals surface area contributed by atoms with Gasteiger partial charge in [0.2, 0.25) is 5.91 Å². The van der Waals surface area contributed by atoms with E-state index in [9.17, 15) is 4.79 Å². The predicted molar refractivity (Wildman–Crippen MR) is 74.8 cm³/mol. The Morgan fingerprint density at radius 1 is 1.24 bits per heavy atom. The highest BCUT2D eigenvalue weighted by molar-refractivity contribution is 5.90. The van der Waals surface area contributed by atoms with Gasteiger partial charge in [-0.05, 0) is 46.8 Å². The molecule has 0 radical (unpaired) electrons. The van der Waals surface area contributed by atoms with Crippen LogP contribution < -0.4 is 5.32 Å². The second kappa shape index (κ2) is 6.00. The molecule has 1 amide bonds. The summed E-state index contributed by atoms with van der Waals surface area (Å²) >= 11 is 0. The molecule has 3 aromatic rings. The van der Waals surface area contributed by atoms with Gasteiger partial charge in [-0.15, -0.1) is 5.10 Å². The van der Waals surface area contributed by atoms with Crippen LogP contribution in [0.3, 0.4) is 0 Å². The fourth-order valence-electron chi connectivity index (χ4n) is 1.89. The third-order valence-electron chi connectivity index (χ3n) is 2.94. The van der Waals surface area contributed by atoms with E-state index in [-0.39, 0.29) is 5.91 Å². The minimum Gasteiger partial charge on any atom is -0.469 e. The second-order valence-corrected chi connectivity index (χ2v) is 4.43. The van der Waals surface area contributed by atoms with Crippen LogP contribution in [-0.2, 0) is 11.2 Å². The number of hydrogen-bond donors (Lipinski definition) is 1. The van der Waals surface area contributed by atoms with Crippen molar-refractivity contribution >= 4 is 11.6 Å². The van der Waals surface area contributed by atoms with Crippen LogP contribution in [0.15, 0.2) is 53.4 Å². The molecule has 0 aliphatic rings. The molecule has 21 heavy (non-hydrogen) atoms. The van der Waals surface area contributed by atoms with Crippen LogP contribution in [0.4, 0.5) is 5.69 Å². The van der Waals surface area contributed by atoms with Crippen molar-refractivity contribution < 1.29 is 9.21 Å². The Bertz CT molecular complexity index is 690. The van der Waals surface area contributed by atoms with Gasteiger partial charge in [0, 0.05) is 18.5 Å². The van der Waals surface area contributed by atoms with Crippen LogP contribution in [-0.4, -0.2) is 26.1 Å². The van der Waals surface area contributed by atoms with Crippen molar-refractivity contribution in [2.75, 3.05) is 5.32 Å². The van der Waals surface area contributed by atoms with E-state index in [0.717, 1.165) is 17.1 Å². The Morgan fingerprint density at radius 3 is 2.76 bits per heavy atom. The summed E-state index contributed by atoms with van der Waals surface area (Å²) in [5.74, 6) is 0.751. The molecule has 0 saturated heterocycles. The number of benzene rings is 1. The lowest BCUT2D eigenvalue weighted by atomic mass is 10.2. The van der Waals surface area contributed by atoms with Gasteiger partial charge in [0.25, 0.3) is 0 Å². The van der Waals surface area contributed by atoms with Crippen molar-refractivity contribution in [3.8, 4) is 5.69 Å². The molecule has 1 aromatic carbocycles. The lowest BCUT2D eigenvalue weighted by molar-refractivity contribution is -0.116. The van der Waals surface area contributed by atoms with E-state index in [2.05, 4.69) is 20.8 Å². The molecule has 3 rings (SSSR count). The SMILES string of the molecule is O=C(CCc1ccco1)Nc1ccc(-n2cnnn2)cc1. The van der Waals surface area contributed by atoms with E-state index < -0.39 is 0 Å². The van der Waals surface area contributed by atoms with E-state index in [1.165, 1.54) is 6.33 Å². The maximum absolute atomic E-state index is 11.8. The number of carbonyl (C=O) groups is 1. The van der Waals surface area contributed by atoms with Gasteiger partial charge in [-0.1, -0.05) is 0 Å². The molecular formula is C14H13N5O2. The lowest BCUT2D eigenvalue weighted by Gasteiger charge is -2.05. The Labute approximate surface area is 120 Å². The summed E-state index contributed by atoms with van der Waals surface area (Å²) in [7, 11) is 0. The van der Waals surface area contributed by atoms with Crippen molar-refractivity contribution in [2.45, 2.75) is 12.8 Å². The number of aromatic nitrogens is 4. The van der Waals surface area contributed by atoms with Crippen LogP contribution in [0.5, 0.6) is 0 Å². The number of anilines is 1. The van der Waals surface area contributed by atoms with Gasteiger partial charge in [-0.3, -0.25) is 4.79 Å². The molecule has 0 saturated carbocycles. The van der Waals surface area contributed by atoms with Crippen LogP contribution in [0, 0.1) is 0 Å². The summed E-state index contributed by atoms with van der Waals surface area (Å²) in [6.45, 7) is 0. The molecule has 0 spiro atoms. The first-order valence-corrected chi connectivity index (χ1v) is 6.47. The average molecular weight is 283 g/mol. The number of nitrogens with zero attached hydrogens (tertiary/aromatic N) is 4. The van der Waals surface area contributed by atoms with Crippen molar-refractivity contribution in [3.05, 3.63) is 54.7 Å². The summed E-state index contributed by atoms with van der Waals surface area (Å²) in [5, 5.41) is 13.8. The fraction of sp³-hybridized carbons (Fsp3) is 0.143. The van der Waals surface area contributed by atoms with Gasteiger partial charge >= 0.3 is 0 Å². The Balaban J connectivity index is 1.56. The monoisotopic (exact) mass is 283 g/mol. The number of nitrogens with one attached hydrogen (secondary N) is 1. The molecule has 0 unspecified atom stereocenters. The maximum Gasteiger partial charge on any atom is 0.224 e. The molecule has 0 fully saturated rings. The molecule has 0 aliphatic carbocycles. The molecule has 1 N–H and O–H groups in total. The number of rotatable bonds is 5. The average Bonchev–Trinajstić information content (AvgIpc) is 3.19. The highest BCUT2D eigenvalue weighted by Gasteiger charge is 2.05. The number of carbonyl (C=O) groups excluding carboxylic acids is 1. The first kappa shape index (κ1) is 13.0. The van der Waals surface area contributed by atoms with Gasteiger partial charge in [0.15, 0.2) is 0 Å². The van der Waals surface area contributed by atoms with E-state index in [1.54, 1.807) is 10.9 Å². The largest absolute Gasteiger partial charge is 0.469 e. The summed E-state index contributed by atoms with van der Waals surface area (Å²) in [4.78, 5) is 11.8. The van der Waals surface area contributed by atoms with Gasteiger partial charge in [-0.25, -0.2) is 4.68 Å². The third-order valence-corrected chi connectivity index (χ3v) is 2.94. The van der Waals surface area contributed by atoms with Crippen LogP contribution in [0.2, 0.25) is 0 Å². The zero-order valence-corrected chi connectivity index (χ0v) is 11.1. The lowest BCUT2D eigenvalue weighted by Crippen LogP contribution is -2.12. The smallest absolute Gasteiger partial charge is 0.224 e. The van der Waals surface area contributed by atoms with E-state index in [0.29, 0.717) is 12.8 Å². The Hall–Kier alpha value is -2.96. The summed E-state index contributed by atoms with van der Waals surface area (Å²) in [5.41, 5.74) is 1.56. The minimum atomic E-state index is -0.0541.